The molecular formula is C21H24FN3O3S. The molecule has 2 aliphatic rings. The highest BCUT2D eigenvalue weighted by molar-refractivity contribution is 7.89. The van der Waals surface area contributed by atoms with Crippen LogP contribution in [-0.4, -0.2) is 56.3 Å². The second kappa shape index (κ2) is 8.22. The molecule has 2 saturated heterocycles. The van der Waals surface area contributed by atoms with Gasteiger partial charge in [0.15, 0.2) is 0 Å². The molecule has 0 atom stereocenters. The molecule has 2 aromatic carbocycles. The third-order valence-electron chi connectivity index (χ3n) is 5.51. The third kappa shape index (κ3) is 4.34. The highest BCUT2D eigenvalue weighted by Gasteiger charge is 2.29. The van der Waals surface area contributed by atoms with Gasteiger partial charge in [0.05, 0.1) is 4.90 Å². The Hall–Kier alpha value is -2.29. The first-order chi connectivity index (χ1) is 13.9. The Bertz CT molecular complexity index is 969. The molecular weight excluding hydrogens is 393 g/mol. The molecule has 2 heterocycles. The maximum atomic E-state index is 13.0. The quantitative estimate of drug-likeness (QED) is 0.750. The molecule has 6 nitrogen and oxygen atoms in total. The van der Waals surface area contributed by atoms with Gasteiger partial charge in [-0.15, -0.1) is 0 Å². The Balaban J connectivity index is 1.38. The number of carbonyl (C=O) groups excluding carboxylic acids is 1. The van der Waals surface area contributed by atoms with Gasteiger partial charge in [-0.25, -0.2) is 12.8 Å². The number of piperazine rings is 1. The van der Waals surface area contributed by atoms with Crippen LogP contribution in [0.3, 0.4) is 0 Å². The van der Waals surface area contributed by atoms with Crippen LogP contribution in [-0.2, 0) is 21.4 Å². The lowest BCUT2D eigenvalue weighted by atomic mass is 10.2. The SMILES string of the molecule is O=C1CCCN1c1ccc(S(=O)(=O)N2CCN(Cc3ccc(F)cc3)CC2)cc1. The van der Waals surface area contributed by atoms with Crippen LogP contribution in [0.5, 0.6) is 0 Å². The summed E-state index contributed by atoms with van der Waals surface area (Å²) in [5, 5.41) is 0. The average molecular weight is 418 g/mol. The molecule has 0 bridgehead atoms. The van der Waals surface area contributed by atoms with Gasteiger partial charge in [0.1, 0.15) is 5.82 Å². The zero-order valence-corrected chi connectivity index (χ0v) is 16.9. The van der Waals surface area contributed by atoms with Gasteiger partial charge in [-0.3, -0.25) is 9.69 Å². The summed E-state index contributed by atoms with van der Waals surface area (Å²) in [6.45, 7) is 3.42. The van der Waals surface area contributed by atoms with E-state index in [1.165, 1.54) is 16.4 Å². The molecule has 0 aromatic heterocycles. The number of nitrogens with zero attached hydrogens (tertiary/aromatic N) is 3. The normalized spacial score (nSPS) is 19.1. The fourth-order valence-electron chi connectivity index (χ4n) is 3.84. The smallest absolute Gasteiger partial charge is 0.243 e. The Morgan fingerprint density at radius 2 is 1.52 bits per heavy atom. The van der Waals surface area contributed by atoms with Crippen molar-refractivity contribution in [3.05, 3.63) is 59.9 Å². The second-order valence-electron chi connectivity index (χ2n) is 7.45. The van der Waals surface area contributed by atoms with E-state index in [-0.39, 0.29) is 16.6 Å². The summed E-state index contributed by atoms with van der Waals surface area (Å²) >= 11 is 0. The largest absolute Gasteiger partial charge is 0.312 e. The van der Waals surface area contributed by atoms with Crippen LogP contribution in [0.25, 0.3) is 0 Å². The lowest BCUT2D eigenvalue weighted by Gasteiger charge is -2.34. The van der Waals surface area contributed by atoms with Crippen molar-refractivity contribution >= 4 is 21.6 Å². The van der Waals surface area contributed by atoms with Gasteiger partial charge in [-0.1, -0.05) is 12.1 Å². The number of halogens is 1. The minimum Gasteiger partial charge on any atom is -0.312 e. The summed E-state index contributed by atoms with van der Waals surface area (Å²) in [6.07, 6.45) is 1.38. The van der Waals surface area contributed by atoms with Crippen LogP contribution in [0.15, 0.2) is 53.4 Å². The van der Waals surface area contributed by atoms with E-state index in [2.05, 4.69) is 4.90 Å². The minimum atomic E-state index is -3.56. The maximum Gasteiger partial charge on any atom is 0.243 e. The van der Waals surface area contributed by atoms with Gasteiger partial charge in [-0.2, -0.15) is 4.31 Å². The summed E-state index contributed by atoms with van der Waals surface area (Å²) in [7, 11) is -3.56. The number of hydrogen-bond acceptors (Lipinski definition) is 4. The zero-order valence-electron chi connectivity index (χ0n) is 16.1. The van der Waals surface area contributed by atoms with E-state index in [0.29, 0.717) is 45.7 Å². The van der Waals surface area contributed by atoms with Crippen molar-refractivity contribution < 1.29 is 17.6 Å². The first-order valence-corrected chi connectivity index (χ1v) is 11.2. The molecule has 0 radical (unpaired) electrons. The van der Waals surface area contributed by atoms with Gasteiger partial charge in [0.25, 0.3) is 0 Å². The monoisotopic (exact) mass is 417 g/mol. The Kier molecular flexibility index (Phi) is 5.67. The standard InChI is InChI=1S/C21H24FN3O3S/c22-18-5-3-17(4-6-18)16-23-12-14-24(15-13-23)29(27,28)20-9-7-19(8-10-20)25-11-1-2-21(25)26/h3-10H,1-2,11-16H2. The van der Waals surface area contributed by atoms with Crippen LogP contribution in [0.4, 0.5) is 10.1 Å². The van der Waals surface area contributed by atoms with Crippen molar-refractivity contribution in [2.45, 2.75) is 24.3 Å². The summed E-state index contributed by atoms with van der Waals surface area (Å²) in [5.41, 5.74) is 1.75. The first-order valence-electron chi connectivity index (χ1n) is 9.81. The van der Waals surface area contributed by atoms with E-state index in [4.69, 9.17) is 0 Å². The number of anilines is 1. The lowest BCUT2D eigenvalue weighted by Crippen LogP contribution is -2.48. The van der Waals surface area contributed by atoms with Crippen molar-refractivity contribution in [1.82, 2.24) is 9.21 Å². The second-order valence-corrected chi connectivity index (χ2v) is 9.39. The molecule has 0 spiro atoms. The van der Waals surface area contributed by atoms with E-state index in [1.54, 1.807) is 41.3 Å². The Morgan fingerprint density at radius 1 is 0.862 bits per heavy atom. The van der Waals surface area contributed by atoms with Gasteiger partial charge < -0.3 is 4.90 Å². The Morgan fingerprint density at radius 3 is 2.10 bits per heavy atom. The molecule has 8 heteroatoms. The number of sulfonamides is 1. The highest BCUT2D eigenvalue weighted by atomic mass is 32.2. The number of rotatable bonds is 5. The van der Waals surface area contributed by atoms with E-state index in [0.717, 1.165) is 17.7 Å². The third-order valence-corrected chi connectivity index (χ3v) is 7.42. The molecule has 2 fully saturated rings. The van der Waals surface area contributed by atoms with Crippen LogP contribution in [0, 0.1) is 5.82 Å². The van der Waals surface area contributed by atoms with E-state index >= 15 is 0 Å². The average Bonchev–Trinajstić information content (AvgIpc) is 3.16. The number of amides is 1. The fraction of sp³-hybridized carbons (Fsp3) is 0.381. The minimum absolute atomic E-state index is 0.0814. The number of benzene rings is 2. The van der Waals surface area contributed by atoms with Gasteiger partial charge in [0, 0.05) is 51.4 Å². The van der Waals surface area contributed by atoms with Crippen molar-refractivity contribution in [2.75, 3.05) is 37.6 Å². The van der Waals surface area contributed by atoms with E-state index in [1.807, 2.05) is 0 Å². The van der Waals surface area contributed by atoms with Crippen LogP contribution < -0.4 is 4.90 Å². The molecule has 0 unspecified atom stereocenters. The van der Waals surface area contributed by atoms with E-state index in [9.17, 15) is 17.6 Å². The van der Waals surface area contributed by atoms with Crippen molar-refractivity contribution in [3.63, 3.8) is 0 Å². The van der Waals surface area contributed by atoms with Crippen LogP contribution >= 0.6 is 0 Å². The van der Waals surface area contributed by atoms with Crippen molar-refractivity contribution in [2.24, 2.45) is 0 Å². The molecule has 29 heavy (non-hydrogen) atoms. The zero-order chi connectivity index (χ0) is 20.4. The molecule has 4 rings (SSSR count). The van der Waals surface area contributed by atoms with E-state index < -0.39 is 10.0 Å². The molecule has 2 aromatic rings. The van der Waals surface area contributed by atoms with Gasteiger partial charge in [-0.05, 0) is 48.4 Å². The predicted octanol–water partition coefficient (Wildman–Crippen LogP) is 2.46. The van der Waals surface area contributed by atoms with Crippen molar-refractivity contribution in [3.8, 4) is 0 Å². The van der Waals surface area contributed by atoms with Gasteiger partial charge >= 0.3 is 0 Å². The predicted molar refractivity (Wildman–Crippen MR) is 108 cm³/mol. The van der Waals surface area contributed by atoms with Crippen LogP contribution in [0.1, 0.15) is 18.4 Å². The molecule has 2 aliphatic heterocycles. The number of hydrogen-bond donors (Lipinski definition) is 0. The summed E-state index contributed by atoms with van der Waals surface area (Å²) in [5.74, 6) is -0.178. The molecule has 0 saturated carbocycles. The van der Waals surface area contributed by atoms with Gasteiger partial charge in [0.2, 0.25) is 15.9 Å². The summed E-state index contributed by atoms with van der Waals surface area (Å²) in [4.78, 5) is 16.0. The lowest BCUT2D eigenvalue weighted by molar-refractivity contribution is -0.117. The Labute approximate surface area is 170 Å². The molecule has 1 amide bonds. The summed E-state index contributed by atoms with van der Waals surface area (Å²) in [6, 6.07) is 13.0. The van der Waals surface area contributed by atoms with Crippen molar-refractivity contribution in [1.29, 1.82) is 0 Å². The topological polar surface area (TPSA) is 60.9 Å². The number of carbonyl (C=O) groups is 1. The molecule has 154 valence electrons. The summed E-state index contributed by atoms with van der Waals surface area (Å²) < 4.78 is 40.5. The van der Waals surface area contributed by atoms with Crippen LogP contribution in [0.2, 0.25) is 0 Å². The fourth-order valence-corrected chi connectivity index (χ4v) is 5.27. The first kappa shape index (κ1) is 20.0. The molecule has 0 N–H and O–H groups in total. The highest BCUT2D eigenvalue weighted by Crippen LogP contribution is 2.25. The molecule has 0 aliphatic carbocycles. The maximum absolute atomic E-state index is 13.0.